The van der Waals surface area contributed by atoms with Gasteiger partial charge < -0.3 is 9.73 Å². The number of nitrogens with zero attached hydrogens (tertiary/aromatic N) is 2. The third-order valence-corrected chi connectivity index (χ3v) is 3.24. The van der Waals surface area contributed by atoms with Crippen molar-refractivity contribution in [2.75, 3.05) is 5.32 Å². The van der Waals surface area contributed by atoms with Gasteiger partial charge in [-0.05, 0) is 19.1 Å². The predicted octanol–water partition coefficient (Wildman–Crippen LogP) is 4.05. The maximum atomic E-state index is 6.05. The van der Waals surface area contributed by atoms with Gasteiger partial charge in [-0.25, -0.2) is 0 Å². The number of hydrogen-bond acceptors (Lipinski definition) is 4. The molecule has 0 fully saturated rings. The van der Waals surface area contributed by atoms with Crippen LogP contribution >= 0.6 is 11.6 Å². The molecule has 1 aromatic carbocycles. The van der Waals surface area contributed by atoms with Crippen molar-refractivity contribution in [1.29, 1.82) is 0 Å². The Kier molecular flexibility index (Phi) is 3.09. The average molecular weight is 274 g/mol. The summed E-state index contributed by atoms with van der Waals surface area (Å²) in [5, 5.41) is 13.6. The van der Waals surface area contributed by atoms with Gasteiger partial charge in [-0.2, -0.15) is 0 Å². The first kappa shape index (κ1) is 12.0. The number of rotatable bonds is 3. The molecule has 0 amide bonds. The molecule has 1 N–H and O–H groups in total. The van der Waals surface area contributed by atoms with Crippen molar-refractivity contribution in [2.45, 2.75) is 13.0 Å². The molecule has 0 aliphatic carbocycles. The zero-order chi connectivity index (χ0) is 13.2. The van der Waals surface area contributed by atoms with Crippen LogP contribution in [0.2, 0.25) is 5.15 Å². The lowest BCUT2D eigenvalue weighted by molar-refractivity contribution is 0.490. The minimum absolute atomic E-state index is 0.00822. The van der Waals surface area contributed by atoms with Gasteiger partial charge in [-0.1, -0.05) is 35.9 Å². The standard InChI is InChI=1S/C14H12ClN3O/c1-9(12-7-4-8-19-12)16-14-11-6-3-2-5-10(11)13(15)17-18-14/h2-9H,1H3,(H,16,18). The van der Waals surface area contributed by atoms with E-state index >= 15 is 0 Å². The van der Waals surface area contributed by atoms with Gasteiger partial charge in [0.05, 0.1) is 12.3 Å². The summed E-state index contributed by atoms with van der Waals surface area (Å²) in [6.45, 7) is 2.00. The molecule has 96 valence electrons. The van der Waals surface area contributed by atoms with E-state index in [-0.39, 0.29) is 6.04 Å². The minimum atomic E-state index is 0.00822. The fourth-order valence-corrected chi connectivity index (χ4v) is 2.19. The third kappa shape index (κ3) is 2.27. The van der Waals surface area contributed by atoms with Crippen LogP contribution in [0.5, 0.6) is 0 Å². The van der Waals surface area contributed by atoms with Crippen molar-refractivity contribution in [3.8, 4) is 0 Å². The molecule has 0 saturated carbocycles. The molecule has 1 atom stereocenters. The number of aromatic nitrogens is 2. The van der Waals surface area contributed by atoms with E-state index in [1.807, 2.05) is 43.3 Å². The zero-order valence-corrected chi connectivity index (χ0v) is 11.1. The lowest BCUT2D eigenvalue weighted by Gasteiger charge is -2.13. The SMILES string of the molecule is CC(Nc1nnc(Cl)c2ccccc12)c1ccco1. The largest absolute Gasteiger partial charge is 0.467 e. The Labute approximate surface area is 115 Å². The molecule has 0 bridgehead atoms. The van der Waals surface area contributed by atoms with Crippen LogP contribution in [0.3, 0.4) is 0 Å². The van der Waals surface area contributed by atoms with Crippen LogP contribution < -0.4 is 5.32 Å². The molecule has 0 radical (unpaired) electrons. The number of hydrogen-bond donors (Lipinski definition) is 1. The fraction of sp³-hybridized carbons (Fsp3) is 0.143. The maximum Gasteiger partial charge on any atom is 0.159 e. The van der Waals surface area contributed by atoms with Crippen molar-refractivity contribution < 1.29 is 4.42 Å². The van der Waals surface area contributed by atoms with Crippen molar-refractivity contribution in [2.24, 2.45) is 0 Å². The molecule has 19 heavy (non-hydrogen) atoms. The summed E-state index contributed by atoms with van der Waals surface area (Å²) in [6.07, 6.45) is 1.65. The van der Waals surface area contributed by atoms with Gasteiger partial charge in [-0.3, -0.25) is 0 Å². The van der Waals surface area contributed by atoms with Crippen LogP contribution in [0, 0.1) is 0 Å². The Morgan fingerprint density at radius 3 is 2.63 bits per heavy atom. The van der Waals surface area contributed by atoms with Crippen molar-refractivity contribution in [3.05, 3.63) is 53.6 Å². The van der Waals surface area contributed by atoms with Gasteiger partial charge in [0.15, 0.2) is 11.0 Å². The van der Waals surface area contributed by atoms with E-state index in [0.717, 1.165) is 16.5 Å². The summed E-state index contributed by atoms with van der Waals surface area (Å²) in [7, 11) is 0. The first-order chi connectivity index (χ1) is 9.25. The summed E-state index contributed by atoms with van der Waals surface area (Å²) in [4.78, 5) is 0. The van der Waals surface area contributed by atoms with Crippen LogP contribution in [0.4, 0.5) is 5.82 Å². The Balaban J connectivity index is 2.00. The lowest BCUT2D eigenvalue weighted by Crippen LogP contribution is -2.08. The van der Waals surface area contributed by atoms with E-state index in [1.54, 1.807) is 6.26 Å². The first-order valence-electron chi connectivity index (χ1n) is 5.96. The van der Waals surface area contributed by atoms with Crippen LogP contribution in [0.15, 0.2) is 47.1 Å². The van der Waals surface area contributed by atoms with Gasteiger partial charge in [0.1, 0.15) is 5.76 Å². The highest BCUT2D eigenvalue weighted by atomic mass is 35.5. The zero-order valence-electron chi connectivity index (χ0n) is 10.3. The highest BCUT2D eigenvalue weighted by Crippen LogP contribution is 2.28. The molecule has 0 aliphatic rings. The van der Waals surface area contributed by atoms with Gasteiger partial charge >= 0.3 is 0 Å². The van der Waals surface area contributed by atoms with Crippen LogP contribution in [-0.2, 0) is 0 Å². The van der Waals surface area contributed by atoms with Crippen molar-refractivity contribution in [3.63, 3.8) is 0 Å². The summed E-state index contributed by atoms with van der Waals surface area (Å²) in [5.41, 5.74) is 0. The fourth-order valence-electron chi connectivity index (χ4n) is 1.99. The van der Waals surface area contributed by atoms with Crippen LogP contribution in [-0.4, -0.2) is 10.2 Å². The van der Waals surface area contributed by atoms with E-state index < -0.39 is 0 Å². The molecule has 5 heteroatoms. The predicted molar refractivity (Wildman–Crippen MR) is 75.3 cm³/mol. The molecule has 1 unspecified atom stereocenters. The minimum Gasteiger partial charge on any atom is -0.467 e. The van der Waals surface area contributed by atoms with Gasteiger partial charge in [0.25, 0.3) is 0 Å². The molecule has 2 aromatic heterocycles. The summed E-state index contributed by atoms with van der Waals surface area (Å²) in [5.74, 6) is 1.55. The Bertz CT molecular complexity index is 697. The lowest BCUT2D eigenvalue weighted by atomic mass is 10.2. The topological polar surface area (TPSA) is 51.0 Å². The molecular weight excluding hydrogens is 262 g/mol. The van der Waals surface area contributed by atoms with Gasteiger partial charge in [0.2, 0.25) is 0 Å². The summed E-state index contributed by atoms with van der Waals surface area (Å²) >= 11 is 6.05. The van der Waals surface area contributed by atoms with Gasteiger partial charge in [-0.15, -0.1) is 10.2 Å². The normalized spacial score (nSPS) is 12.5. The molecule has 0 spiro atoms. The highest BCUT2D eigenvalue weighted by Gasteiger charge is 2.12. The molecule has 3 aromatic rings. The number of fused-ring (bicyclic) bond motifs is 1. The molecule has 0 saturated heterocycles. The van der Waals surface area contributed by atoms with E-state index in [4.69, 9.17) is 16.0 Å². The molecule has 3 rings (SSSR count). The Hall–Kier alpha value is -2.07. The van der Waals surface area contributed by atoms with E-state index in [0.29, 0.717) is 11.0 Å². The molecule has 0 aliphatic heterocycles. The van der Waals surface area contributed by atoms with E-state index in [1.165, 1.54) is 0 Å². The van der Waals surface area contributed by atoms with E-state index in [9.17, 15) is 0 Å². The second kappa shape index (κ2) is 4.90. The quantitative estimate of drug-likeness (QED) is 0.782. The number of furan rings is 1. The maximum absolute atomic E-state index is 6.05. The van der Waals surface area contributed by atoms with E-state index in [2.05, 4.69) is 15.5 Å². The van der Waals surface area contributed by atoms with Crippen molar-refractivity contribution >= 4 is 28.2 Å². The van der Waals surface area contributed by atoms with Crippen molar-refractivity contribution in [1.82, 2.24) is 10.2 Å². The second-order valence-corrected chi connectivity index (χ2v) is 4.62. The monoisotopic (exact) mass is 273 g/mol. The highest BCUT2D eigenvalue weighted by molar-refractivity contribution is 6.34. The number of nitrogens with one attached hydrogen (secondary N) is 1. The third-order valence-electron chi connectivity index (χ3n) is 2.97. The van der Waals surface area contributed by atoms with Crippen LogP contribution in [0.1, 0.15) is 18.7 Å². The first-order valence-corrected chi connectivity index (χ1v) is 6.34. The molecule has 4 nitrogen and oxygen atoms in total. The summed E-state index contributed by atoms with van der Waals surface area (Å²) in [6, 6.07) is 11.6. The second-order valence-electron chi connectivity index (χ2n) is 4.27. The number of anilines is 1. The summed E-state index contributed by atoms with van der Waals surface area (Å²) < 4.78 is 5.37. The Morgan fingerprint density at radius 1 is 1.11 bits per heavy atom. The molecule has 2 heterocycles. The molecular formula is C14H12ClN3O. The number of benzene rings is 1. The average Bonchev–Trinajstić information content (AvgIpc) is 2.96. The smallest absolute Gasteiger partial charge is 0.159 e. The Morgan fingerprint density at radius 2 is 1.89 bits per heavy atom. The number of halogens is 1. The van der Waals surface area contributed by atoms with Gasteiger partial charge in [0, 0.05) is 10.8 Å². The van der Waals surface area contributed by atoms with Crippen LogP contribution in [0.25, 0.3) is 10.8 Å².